The van der Waals surface area contributed by atoms with Gasteiger partial charge < -0.3 is 9.67 Å². The highest BCUT2D eigenvalue weighted by Crippen LogP contribution is 2.24. The van der Waals surface area contributed by atoms with Crippen molar-refractivity contribution in [1.29, 1.82) is 0 Å². The Morgan fingerprint density at radius 3 is 2.59 bits per heavy atom. The van der Waals surface area contributed by atoms with Crippen LogP contribution in [0.2, 0.25) is 0 Å². The summed E-state index contributed by atoms with van der Waals surface area (Å²) >= 11 is 0. The molecule has 0 radical (unpaired) electrons. The molecule has 0 saturated carbocycles. The molecule has 0 saturated heterocycles. The number of aromatic nitrogens is 2. The van der Waals surface area contributed by atoms with E-state index < -0.39 is 0 Å². The van der Waals surface area contributed by atoms with Crippen molar-refractivity contribution in [2.75, 3.05) is 6.61 Å². The van der Waals surface area contributed by atoms with Crippen molar-refractivity contribution in [1.82, 2.24) is 9.55 Å². The zero-order valence-corrected chi connectivity index (χ0v) is 10.9. The fourth-order valence-electron chi connectivity index (χ4n) is 2.16. The first-order valence-corrected chi connectivity index (χ1v) is 6.11. The van der Waals surface area contributed by atoms with E-state index in [1.165, 1.54) is 0 Å². The van der Waals surface area contributed by atoms with Crippen LogP contribution in [-0.2, 0) is 7.05 Å². The van der Waals surface area contributed by atoms with Crippen molar-refractivity contribution in [2.24, 2.45) is 7.05 Å². The number of hydrogen-bond donors (Lipinski definition) is 1. The van der Waals surface area contributed by atoms with Crippen LogP contribution in [0.15, 0.2) is 18.2 Å². The molecule has 1 unspecified atom stereocenters. The minimum absolute atomic E-state index is 0.170. The van der Waals surface area contributed by atoms with Gasteiger partial charge in [-0.3, -0.25) is 0 Å². The first-order chi connectivity index (χ1) is 8.04. The minimum atomic E-state index is 0.170. The molecular formula is C14H20N2O. The molecule has 1 aromatic carbocycles. The Kier molecular flexibility index (Phi) is 3.20. The lowest BCUT2D eigenvalue weighted by Crippen LogP contribution is -1.99. The largest absolute Gasteiger partial charge is 0.396 e. The van der Waals surface area contributed by atoms with Gasteiger partial charge in [-0.15, -0.1) is 0 Å². The number of fused-ring (bicyclic) bond motifs is 1. The Morgan fingerprint density at radius 1 is 1.29 bits per heavy atom. The molecular weight excluding hydrogens is 212 g/mol. The molecule has 2 rings (SSSR count). The molecule has 92 valence electrons. The van der Waals surface area contributed by atoms with Crippen LogP contribution in [0.5, 0.6) is 0 Å². The van der Waals surface area contributed by atoms with Crippen LogP contribution in [0.1, 0.15) is 44.0 Å². The second-order valence-corrected chi connectivity index (χ2v) is 5.02. The molecule has 0 spiro atoms. The van der Waals surface area contributed by atoms with Crippen molar-refractivity contribution in [3.63, 3.8) is 0 Å². The summed E-state index contributed by atoms with van der Waals surface area (Å²) in [4.78, 5) is 4.67. The highest BCUT2D eigenvalue weighted by Gasteiger charge is 2.12. The van der Waals surface area contributed by atoms with E-state index in [4.69, 9.17) is 0 Å². The third kappa shape index (κ3) is 2.07. The SMILES string of the molecule is CC(C)c1nc2cc(C(C)CO)ccc2n1C. The van der Waals surface area contributed by atoms with Gasteiger partial charge in [-0.2, -0.15) is 0 Å². The van der Waals surface area contributed by atoms with Gasteiger partial charge in [0.15, 0.2) is 0 Å². The Balaban J connectivity index is 2.55. The van der Waals surface area contributed by atoms with Gasteiger partial charge >= 0.3 is 0 Å². The molecule has 1 atom stereocenters. The van der Waals surface area contributed by atoms with E-state index in [0.29, 0.717) is 5.92 Å². The van der Waals surface area contributed by atoms with E-state index in [2.05, 4.69) is 48.6 Å². The summed E-state index contributed by atoms with van der Waals surface area (Å²) in [6, 6.07) is 6.26. The molecule has 0 bridgehead atoms. The molecule has 17 heavy (non-hydrogen) atoms. The summed E-state index contributed by atoms with van der Waals surface area (Å²) < 4.78 is 2.15. The monoisotopic (exact) mass is 232 g/mol. The maximum atomic E-state index is 9.18. The molecule has 0 amide bonds. The second-order valence-electron chi connectivity index (χ2n) is 5.02. The number of hydrogen-bond acceptors (Lipinski definition) is 2. The van der Waals surface area contributed by atoms with Gasteiger partial charge in [0.05, 0.1) is 11.0 Å². The smallest absolute Gasteiger partial charge is 0.112 e. The average molecular weight is 232 g/mol. The summed E-state index contributed by atoms with van der Waals surface area (Å²) in [5.41, 5.74) is 3.32. The fraction of sp³-hybridized carbons (Fsp3) is 0.500. The number of aliphatic hydroxyl groups excluding tert-OH is 1. The molecule has 0 aliphatic carbocycles. The highest BCUT2D eigenvalue weighted by atomic mass is 16.3. The lowest BCUT2D eigenvalue weighted by atomic mass is 10.0. The molecule has 2 aromatic rings. The van der Waals surface area contributed by atoms with Crippen molar-refractivity contribution in [2.45, 2.75) is 32.6 Å². The van der Waals surface area contributed by atoms with Gasteiger partial charge in [0.1, 0.15) is 5.82 Å². The Hall–Kier alpha value is -1.35. The van der Waals surface area contributed by atoms with Gasteiger partial charge in [-0.1, -0.05) is 26.8 Å². The van der Waals surface area contributed by atoms with E-state index in [-0.39, 0.29) is 12.5 Å². The summed E-state index contributed by atoms with van der Waals surface area (Å²) in [5, 5.41) is 9.18. The number of imidazole rings is 1. The fourth-order valence-corrected chi connectivity index (χ4v) is 2.16. The molecule has 1 heterocycles. The zero-order valence-electron chi connectivity index (χ0n) is 10.9. The lowest BCUT2D eigenvalue weighted by molar-refractivity contribution is 0.273. The number of aryl methyl sites for hydroxylation is 1. The number of benzene rings is 1. The second kappa shape index (κ2) is 4.49. The summed E-state index contributed by atoms with van der Waals surface area (Å²) in [6.07, 6.45) is 0. The third-order valence-electron chi connectivity index (χ3n) is 3.30. The molecule has 1 N–H and O–H groups in total. The van der Waals surface area contributed by atoms with Crippen molar-refractivity contribution < 1.29 is 5.11 Å². The van der Waals surface area contributed by atoms with E-state index in [9.17, 15) is 5.11 Å². The maximum absolute atomic E-state index is 9.18. The van der Waals surface area contributed by atoms with E-state index >= 15 is 0 Å². The van der Waals surface area contributed by atoms with Crippen LogP contribution in [0, 0.1) is 0 Å². The van der Waals surface area contributed by atoms with Crippen LogP contribution in [-0.4, -0.2) is 21.3 Å². The van der Waals surface area contributed by atoms with Crippen LogP contribution in [0.25, 0.3) is 11.0 Å². The lowest BCUT2D eigenvalue weighted by Gasteiger charge is -2.07. The molecule has 0 aliphatic rings. The predicted octanol–water partition coefficient (Wildman–Crippen LogP) is 2.79. The van der Waals surface area contributed by atoms with Crippen molar-refractivity contribution in [3.05, 3.63) is 29.6 Å². The molecule has 0 aliphatic heterocycles. The van der Waals surface area contributed by atoms with Gasteiger partial charge in [0.2, 0.25) is 0 Å². The minimum Gasteiger partial charge on any atom is -0.396 e. The topological polar surface area (TPSA) is 38.1 Å². The van der Waals surface area contributed by atoms with Crippen LogP contribution in [0.4, 0.5) is 0 Å². The summed E-state index contributed by atoms with van der Waals surface area (Å²) in [6.45, 7) is 6.50. The normalized spacial score (nSPS) is 13.5. The first kappa shape index (κ1) is 12.1. The summed E-state index contributed by atoms with van der Waals surface area (Å²) in [7, 11) is 2.06. The highest BCUT2D eigenvalue weighted by molar-refractivity contribution is 5.77. The van der Waals surface area contributed by atoms with E-state index in [0.717, 1.165) is 22.4 Å². The molecule has 1 aromatic heterocycles. The van der Waals surface area contributed by atoms with E-state index in [1.54, 1.807) is 0 Å². The Morgan fingerprint density at radius 2 is 2.00 bits per heavy atom. The standard InChI is InChI=1S/C14H20N2O/c1-9(2)14-15-12-7-11(10(3)8-17)5-6-13(12)16(14)4/h5-7,9-10,17H,8H2,1-4H3. The Labute approximate surface area is 102 Å². The van der Waals surface area contributed by atoms with E-state index in [1.807, 2.05) is 6.92 Å². The zero-order chi connectivity index (χ0) is 12.6. The maximum Gasteiger partial charge on any atom is 0.112 e. The molecule has 0 fully saturated rings. The number of aliphatic hydroxyl groups is 1. The van der Waals surface area contributed by atoms with Gasteiger partial charge in [0.25, 0.3) is 0 Å². The predicted molar refractivity (Wildman–Crippen MR) is 70.3 cm³/mol. The summed E-state index contributed by atoms with van der Waals surface area (Å²) in [5.74, 6) is 1.70. The average Bonchev–Trinajstić information content (AvgIpc) is 2.65. The quantitative estimate of drug-likeness (QED) is 0.883. The number of nitrogens with zero attached hydrogens (tertiary/aromatic N) is 2. The number of rotatable bonds is 3. The van der Waals surface area contributed by atoms with Gasteiger partial charge in [0, 0.05) is 25.5 Å². The van der Waals surface area contributed by atoms with Crippen LogP contribution in [0.3, 0.4) is 0 Å². The van der Waals surface area contributed by atoms with Crippen LogP contribution < -0.4 is 0 Å². The van der Waals surface area contributed by atoms with Crippen molar-refractivity contribution in [3.8, 4) is 0 Å². The van der Waals surface area contributed by atoms with Crippen molar-refractivity contribution >= 4 is 11.0 Å². The van der Waals surface area contributed by atoms with Gasteiger partial charge in [-0.05, 0) is 17.7 Å². The molecule has 3 heteroatoms. The van der Waals surface area contributed by atoms with Gasteiger partial charge in [-0.25, -0.2) is 4.98 Å². The first-order valence-electron chi connectivity index (χ1n) is 6.11. The molecule has 3 nitrogen and oxygen atoms in total. The van der Waals surface area contributed by atoms with Crippen LogP contribution >= 0.6 is 0 Å². The third-order valence-corrected chi connectivity index (χ3v) is 3.30. The Bertz CT molecular complexity index is 528.